The van der Waals surface area contributed by atoms with E-state index in [9.17, 15) is 0 Å². The summed E-state index contributed by atoms with van der Waals surface area (Å²) < 4.78 is 0. The molecule has 0 aromatic rings. The van der Waals surface area contributed by atoms with Crippen LogP contribution in [0.4, 0.5) is 0 Å². The highest BCUT2D eigenvalue weighted by atomic mass is 14.9. The van der Waals surface area contributed by atoms with Gasteiger partial charge in [0.1, 0.15) is 0 Å². The minimum absolute atomic E-state index is 0.701. The van der Waals surface area contributed by atoms with Crippen LogP contribution in [0.25, 0.3) is 0 Å². The summed E-state index contributed by atoms with van der Waals surface area (Å²) in [6.45, 7) is 4.48. The van der Waals surface area contributed by atoms with E-state index in [1.54, 1.807) is 0 Å². The fourth-order valence-corrected chi connectivity index (χ4v) is 1.51. The van der Waals surface area contributed by atoms with Crippen molar-refractivity contribution in [2.45, 2.75) is 51.6 Å². The van der Waals surface area contributed by atoms with E-state index in [1.165, 1.54) is 25.7 Å². The van der Waals surface area contributed by atoms with Crippen LogP contribution in [-0.4, -0.2) is 26.2 Å². The van der Waals surface area contributed by atoms with Gasteiger partial charge in [-0.3, -0.25) is 0 Å². The molecule has 2 nitrogen and oxygen atoms in total. The van der Waals surface area contributed by atoms with Crippen LogP contribution >= 0.6 is 0 Å². The minimum Gasteiger partial charge on any atom is -0.317 e. The Bertz CT molecular complexity index is 73.8. The summed E-state index contributed by atoms with van der Waals surface area (Å²) in [4.78, 5) is 0. The van der Waals surface area contributed by atoms with E-state index in [0.717, 1.165) is 0 Å². The van der Waals surface area contributed by atoms with Crippen LogP contribution in [0.3, 0.4) is 0 Å². The predicted molar refractivity (Wildman–Crippen MR) is 55.5 cm³/mol. The van der Waals surface area contributed by atoms with Gasteiger partial charge in [-0.05, 0) is 39.8 Å². The molecule has 74 valence electrons. The molecule has 2 atom stereocenters. The molecule has 0 radical (unpaired) electrons. The maximum atomic E-state index is 3.33. The first kappa shape index (κ1) is 11.9. The number of hydrogen-bond donors (Lipinski definition) is 2. The SMILES string of the molecule is CCC(CCC(CC)NC)NC. The van der Waals surface area contributed by atoms with Gasteiger partial charge in [0.2, 0.25) is 0 Å². The molecule has 0 bridgehead atoms. The summed E-state index contributed by atoms with van der Waals surface area (Å²) in [5.74, 6) is 0. The van der Waals surface area contributed by atoms with Gasteiger partial charge in [-0.2, -0.15) is 0 Å². The van der Waals surface area contributed by atoms with Crippen molar-refractivity contribution in [3.63, 3.8) is 0 Å². The Morgan fingerprint density at radius 3 is 1.33 bits per heavy atom. The van der Waals surface area contributed by atoms with Crippen LogP contribution in [0.1, 0.15) is 39.5 Å². The highest BCUT2D eigenvalue weighted by Crippen LogP contribution is 2.06. The topological polar surface area (TPSA) is 24.1 Å². The van der Waals surface area contributed by atoms with E-state index in [1.807, 2.05) is 0 Å². The van der Waals surface area contributed by atoms with Gasteiger partial charge >= 0.3 is 0 Å². The molecular formula is C10H24N2. The van der Waals surface area contributed by atoms with Gasteiger partial charge in [0, 0.05) is 12.1 Å². The standard InChI is InChI=1S/C10H24N2/c1-5-9(11-3)7-8-10(6-2)12-4/h9-12H,5-8H2,1-4H3. The smallest absolute Gasteiger partial charge is 0.00620 e. The van der Waals surface area contributed by atoms with Crippen molar-refractivity contribution in [1.29, 1.82) is 0 Å². The average Bonchev–Trinajstić information content (AvgIpc) is 2.13. The highest BCUT2D eigenvalue weighted by Gasteiger charge is 2.07. The van der Waals surface area contributed by atoms with Crippen LogP contribution in [0.15, 0.2) is 0 Å². The quantitative estimate of drug-likeness (QED) is 0.611. The third kappa shape index (κ3) is 4.73. The first-order valence-corrected chi connectivity index (χ1v) is 5.12. The lowest BCUT2D eigenvalue weighted by molar-refractivity contribution is 0.424. The van der Waals surface area contributed by atoms with E-state index in [4.69, 9.17) is 0 Å². The van der Waals surface area contributed by atoms with Crippen LogP contribution < -0.4 is 10.6 Å². The predicted octanol–water partition coefficient (Wildman–Crippen LogP) is 1.76. The van der Waals surface area contributed by atoms with Crippen molar-refractivity contribution in [3.05, 3.63) is 0 Å². The second-order valence-corrected chi connectivity index (χ2v) is 3.37. The van der Waals surface area contributed by atoms with Crippen molar-refractivity contribution in [2.75, 3.05) is 14.1 Å². The third-order valence-electron chi connectivity index (χ3n) is 2.67. The number of hydrogen-bond acceptors (Lipinski definition) is 2. The van der Waals surface area contributed by atoms with Gasteiger partial charge in [0.25, 0.3) is 0 Å². The lowest BCUT2D eigenvalue weighted by Gasteiger charge is -2.18. The van der Waals surface area contributed by atoms with Crippen LogP contribution in [-0.2, 0) is 0 Å². The maximum absolute atomic E-state index is 3.33. The Hall–Kier alpha value is -0.0800. The van der Waals surface area contributed by atoms with E-state index >= 15 is 0 Å². The summed E-state index contributed by atoms with van der Waals surface area (Å²) >= 11 is 0. The number of nitrogens with one attached hydrogen (secondary N) is 2. The second kappa shape index (κ2) is 7.56. The van der Waals surface area contributed by atoms with Crippen molar-refractivity contribution in [1.82, 2.24) is 10.6 Å². The van der Waals surface area contributed by atoms with E-state index in [2.05, 4.69) is 38.6 Å². The zero-order valence-electron chi connectivity index (χ0n) is 8.98. The van der Waals surface area contributed by atoms with Crippen LogP contribution in [0, 0.1) is 0 Å². The second-order valence-electron chi connectivity index (χ2n) is 3.37. The maximum Gasteiger partial charge on any atom is 0.00620 e. The number of rotatable bonds is 7. The Morgan fingerprint density at radius 2 is 1.17 bits per heavy atom. The first-order chi connectivity index (χ1) is 5.78. The summed E-state index contributed by atoms with van der Waals surface area (Å²) in [6.07, 6.45) is 5.03. The Kier molecular flexibility index (Phi) is 7.51. The highest BCUT2D eigenvalue weighted by molar-refractivity contribution is 4.68. The molecule has 0 heterocycles. The van der Waals surface area contributed by atoms with Gasteiger partial charge in [0.15, 0.2) is 0 Å². The molecule has 0 aromatic carbocycles. The van der Waals surface area contributed by atoms with Crippen molar-refractivity contribution in [2.24, 2.45) is 0 Å². The zero-order valence-corrected chi connectivity index (χ0v) is 8.98. The fourth-order valence-electron chi connectivity index (χ4n) is 1.51. The van der Waals surface area contributed by atoms with Crippen LogP contribution in [0.2, 0.25) is 0 Å². The molecule has 0 aliphatic rings. The molecule has 0 saturated carbocycles. The van der Waals surface area contributed by atoms with Crippen molar-refractivity contribution in [3.8, 4) is 0 Å². The van der Waals surface area contributed by atoms with Crippen molar-refractivity contribution >= 4 is 0 Å². The molecule has 2 heteroatoms. The van der Waals surface area contributed by atoms with Gasteiger partial charge in [-0.15, -0.1) is 0 Å². The molecule has 12 heavy (non-hydrogen) atoms. The molecule has 0 fully saturated rings. The third-order valence-corrected chi connectivity index (χ3v) is 2.67. The lowest BCUT2D eigenvalue weighted by atomic mass is 10.0. The summed E-state index contributed by atoms with van der Waals surface area (Å²) in [7, 11) is 4.10. The molecule has 0 aliphatic carbocycles. The molecule has 0 amide bonds. The van der Waals surface area contributed by atoms with E-state index in [0.29, 0.717) is 12.1 Å². The first-order valence-electron chi connectivity index (χ1n) is 5.12. The average molecular weight is 172 g/mol. The summed E-state index contributed by atoms with van der Waals surface area (Å²) in [6, 6.07) is 1.40. The normalized spacial score (nSPS) is 16.0. The minimum atomic E-state index is 0.701. The Labute approximate surface area is 77.1 Å². The molecule has 2 unspecified atom stereocenters. The van der Waals surface area contributed by atoms with E-state index < -0.39 is 0 Å². The van der Waals surface area contributed by atoms with Crippen molar-refractivity contribution < 1.29 is 0 Å². The van der Waals surface area contributed by atoms with Crippen LogP contribution in [0.5, 0.6) is 0 Å². The molecule has 0 rings (SSSR count). The molecule has 0 aromatic heterocycles. The zero-order chi connectivity index (χ0) is 9.40. The summed E-state index contributed by atoms with van der Waals surface area (Å²) in [5, 5.41) is 6.65. The fraction of sp³-hybridized carbons (Fsp3) is 1.00. The molecule has 0 spiro atoms. The lowest BCUT2D eigenvalue weighted by Crippen LogP contribution is -2.29. The van der Waals surface area contributed by atoms with Gasteiger partial charge in [0.05, 0.1) is 0 Å². The molecule has 0 aliphatic heterocycles. The largest absolute Gasteiger partial charge is 0.317 e. The van der Waals surface area contributed by atoms with Gasteiger partial charge < -0.3 is 10.6 Å². The molecule has 0 saturated heterocycles. The van der Waals surface area contributed by atoms with Gasteiger partial charge in [-0.1, -0.05) is 13.8 Å². The monoisotopic (exact) mass is 172 g/mol. The Balaban J connectivity index is 3.49. The molecule has 2 N–H and O–H groups in total. The van der Waals surface area contributed by atoms with E-state index in [-0.39, 0.29) is 0 Å². The molecular weight excluding hydrogens is 148 g/mol. The van der Waals surface area contributed by atoms with Gasteiger partial charge in [-0.25, -0.2) is 0 Å². The Morgan fingerprint density at radius 1 is 0.833 bits per heavy atom. The summed E-state index contributed by atoms with van der Waals surface area (Å²) in [5.41, 5.74) is 0.